The number of carbonyl (C=O) groups excluding carboxylic acids is 1. The molecule has 0 radical (unpaired) electrons. The van der Waals surface area contributed by atoms with Crippen LogP contribution in [0.1, 0.15) is 15.9 Å². The van der Waals surface area contributed by atoms with Crippen LogP contribution in [0.5, 0.6) is 0 Å². The first-order chi connectivity index (χ1) is 9.06. The Bertz CT molecular complexity index is 717. The van der Waals surface area contributed by atoms with E-state index in [1.165, 1.54) is 15.5 Å². The van der Waals surface area contributed by atoms with Crippen molar-refractivity contribution in [2.75, 3.05) is 13.1 Å². The van der Waals surface area contributed by atoms with Gasteiger partial charge in [0.1, 0.15) is 11.2 Å². The van der Waals surface area contributed by atoms with Crippen LogP contribution >= 0.6 is 0 Å². The summed E-state index contributed by atoms with van der Waals surface area (Å²) < 4.78 is 1.36. The van der Waals surface area contributed by atoms with Crippen LogP contribution in [0.2, 0.25) is 0 Å². The van der Waals surface area contributed by atoms with Crippen molar-refractivity contribution in [3.8, 4) is 0 Å². The number of hydrogen-bond acceptors (Lipinski definition) is 4. The molecule has 2 aromatic heterocycles. The Kier molecular flexibility index (Phi) is 2.60. The van der Waals surface area contributed by atoms with Crippen LogP contribution in [-0.2, 0) is 0 Å². The number of β-amino-alcohol motifs (C(OH)–C–C–N with tert-alkyl or cyclic N) is 1. The van der Waals surface area contributed by atoms with Gasteiger partial charge in [0.15, 0.2) is 0 Å². The summed E-state index contributed by atoms with van der Waals surface area (Å²) in [6.07, 6.45) is 2.44. The van der Waals surface area contributed by atoms with Gasteiger partial charge in [-0.3, -0.25) is 14.0 Å². The lowest BCUT2D eigenvalue weighted by Gasteiger charge is -2.35. The number of aryl methyl sites for hydroxylation is 1. The molecule has 1 aliphatic heterocycles. The monoisotopic (exact) mass is 259 g/mol. The number of carbonyl (C=O) groups is 1. The normalized spacial score (nSPS) is 15.6. The van der Waals surface area contributed by atoms with Crippen molar-refractivity contribution in [2.45, 2.75) is 13.0 Å². The maximum Gasteiger partial charge on any atom is 0.270 e. The first-order valence-corrected chi connectivity index (χ1v) is 6.01. The van der Waals surface area contributed by atoms with Crippen molar-refractivity contribution in [1.29, 1.82) is 0 Å². The van der Waals surface area contributed by atoms with E-state index in [0.29, 0.717) is 5.65 Å². The second-order valence-electron chi connectivity index (χ2n) is 4.77. The number of aliphatic hydroxyl groups excluding tert-OH is 1. The standard InChI is InChI=1S/C13H13N3O3/c1-8-2-3-16-11(4-8)14-5-10(13(16)19)12(18)15-6-9(17)7-15/h2-5,9,17H,6-7H2,1H3. The molecule has 3 heterocycles. The molecule has 19 heavy (non-hydrogen) atoms. The molecular weight excluding hydrogens is 246 g/mol. The highest BCUT2D eigenvalue weighted by atomic mass is 16.3. The third-order valence-corrected chi connectivity index (χ3v) is 3.25. The molecule has 0 spiro atoms. The Morgan fingerprint density at radius 2 is 2.21 bits per heavy atom. The number of aromatic nitrogens is 2. The SMILES string of the molecule is Cc1ccn2c(=O)c(C(=O)N3CC(O)C3)cnc2c1. The van der Waals surface area contributed by atoms with Gasteiger partial charge in [-0.05, 0) is 24.6 Å². The van der Waals surface area contributed by atoms with E-state index in [-0.39, 0.29) is 30.1 Å². The molecule has 0 atom stereocenters. The number of aliphatic hydroxyl groups is 1. The molecule has 2 aromatic rings. The Labute approximate surface area is 108 Å². The van der Waals surface area contributed by atoms with Gasteiger partial charge >= 0.3 is 0 Å². The van der Waals surface area contributed by atoms with Crippen LogP contribution in [0.25, 0.3) is 5.65 Å². The Morgan fingerprint density at radius 3 is 2.89 bits per heavy atom. The first-order valence-electron chi connectivity index (χ1n) is 6.01. The average Bonchev–Trinajstić information content (AvgIpc) is 2.34. The van der Waals surface area contributed by atoms with Crippen molar-refractivity contribution in [2.24, 2.45) is 0 Å². The maximum absolute atomic E-state index is 12.2. The number of hydrogen-bond donors (Lipinski definition) is 1. The third-order valence-electron chi connectivity index (χ3n) is 3.25. The third kappa shape index (κ3) is 1.90. The number of fused-ring (bicyclic) bond motifs is 1. The molecule has 3 rings (SSSR count). The summed E-state index contributed by atoms with van der Waals surface area (Å²) in [6.45, 7) is 2.45. The Balaban J connectivity index is 2.06. The Hall–Kier alpha value is -2.21. The highest BCUT2D eigenvalue weighted by Crippen LogP contribution is 2.11. The summed E-state index contributed by atoms with van der Waals surface area (Å²) in [5.41, 5.74) is 1.17. The quantitative estimate of drug-likeness (QED) is 0.771. The van der Waals surface area contributed by atoms with E-state index in [1.807, 2.05) is 6.92 Å². The van der Waals surface area contributed by atoms with Crippen molar-refractivity contribution < 1.29 is 9.90 Å². The largest absolute Gasteiger partial charge is 0.389 e. The second kappa shape index (κ2) is 4.17. The molecule has 0 aliphatic carbocycles. The molecule has 1 fully saturated rings. The molecule has 0 aromatic carbocycles. The zero-order chi connectivity index (χ0) is 13.6. The van der Waals surface area contributed by atoms with Crippen molar-refractivity contribution in [1.82, 2.24) is 14.3 Å². The lowest BCUT2D eigenvalue weighted by atomic mass is 10.1. The van der Waals surface area contributed by atoms with Crippen LogP contribution in [0.15, 0.2) is 29.3 Å². The molecular formula is C13H13N3O3. The number of rotatable bonds is 1. The molecule has 6 heteroatoms. The fourth-order valence-electron chi connectivity index (χ4n) is 2.11. The molecule has 1 N–H and O–H groups in total. The molecule has 1 aliphatic rings. The highest BCUT2D eigenvalue weighted by molar-refractivity contribution is 5.94. The van der Waals surface area contributed by atoms with E-state index < -0.39 is 6.10 Å². The number of likely N-dealkylation sites (tertiary alicyclic amines) is 1. The summed E-state index contributed by atoms with van der Waals surface area (Å²) >= 11 is 0. The van der Waals surface area contributed by atoms with E-state index in [1.54, 1.807) is 18.3 Å². The van der Waals surface area contributed by atoms with E-state index in [0.717, 1.165) is 5.56 Å². The molecule has 0 unspecified atom stereocenters. The second-order valence-corrected chi connectivity index (χ2v) is 4.77. The average molecular weight is 259 g/mol. The summed E-state index contributed by atoms with van der Waals surface area (Å²) in [6, 6.07) is 3.57. The lowest BCUT2D eigenvalue weighted by Crippen LogP contribution is -2.54. The van der Waals surface area contributed by atoms with Gasteiger partial charge in [0, 0.05) is 25.5 Å². The van der Waals surface area contributed by atoms with Gasteiger partial charge in [0.2, 0.25) is 0 Å². The molecule has 6 nitrogen and oxygen atoms in total. The fraction of sp³-hybridized carbons (Fsp3) is 0.308. The molecule has 0 bridgehead atoms. The van der Waals surface area contributed by atoms with Gasteiger partial charge in [-0.2, -0.15) is 0 Å². The minimum atomic E-state index is -0.484. The van der Waals surface area contributed by atoms with Crippen LogP contribution in [-0.4, -0.2) is 44.5 Å². The topological polar surface area (TPSA) is 74.9 Å². The predicted octanol–water partition coefficient (Wildman–Crippen LogP) is -0.180. The minimum absolute atomic E-state index is 0.0354. The van der Waals surface area contributed by atoms with Crippen molar-refractivity contribution in [3.05, 3.63) is 46.0 Å². The van der Waals surface area contributed by atoms with Gasteiger partial charge in [-0.25, -0.2) is 4.98 Å². The molecule has 1 amide bonds. The Morgan fingerprint density at radius 1 is 1.47 bits per heavy atom. The van der Waals surface area contributed by atoms with E-state index in [2.05, 4.69) is 4.98 Å². The first kappa shape index (κ1) is 11.9. The summed E-state index contributed by atoms with van der Waals surface area (Å²) in [5, 5.41) is 9.19. The molecule has 1 saturated heterocycles. The summed E-state index contributed by atoms with van der Waals surface area (Å²) in [7, 11) is 0. The van der Waals surface area contributed by atoms with E-state index in [4.69, 9.17) is 0 Å². The smallest absolute Gasteiger partial charge is 0.270 e. The van der Waals surface area contributed by atoms with Gasteiger partial charge < -0.3 is 10.0 Å². The summed E-state index contributed by atoms with van der Waals surface area (Å²) in [4.78, 5) is 29.9. The van der Waals surface area contributed by atoms with Crippen LogP contribution in [0.3, 0.4) is 0 Å². The number of amides is 1. The number of nitrogens with zero attached hydrogens (tertiary/aromatic N) is 3. The molecule has 0 saturated carbocycles. The number of pyridine rings is 1. The van der Waals surface area contributed by atoms with Gasteiger partial charge in [-0.1, -0.05) is 0 Å². The van der Waals surface area contributed by atoms with Crippen molar-refractivity contribution >= 4 is 11.6 Å². The van der Waals surface area contributed by atoms with Crippen LogP contribution in [0.4, 0.5) is 0 Å². The van der Waals surface area contributed by atoms with Crippen LogP contribution in [0, 0.1) is 6.92 Å². The van der Waals surface area contributed by atoms with E-state index in [9.17, 15) is 14.7 Å². The fourth-order valence-corrected chi connectivity index (χ4v) is 2.11. The van der Waals surface area contributed by atoms with E-state index >= 15 is 0 Å². The van der Waals surface area contributed by atoms with Gasteiger partial charge in [0.25, 0.3) is 11.5 Å². The van der Waals surface area contributed by atoms with Gasteiger partial charge in [0.05, 0.1) is 6.10 Å². The van der Waals surface area contributed by atoms with Crippen LogP contribution < -0.4 is 5.56 Å². The predicted molar refractivity (Wildman–Crippen MR) is 68.1 cm³/mol. The van der Waals surface area contributed by atoms with Crippen molar-refractivity contribution in [3.63, 3.8) is 0 Å². The highest BCUT2D eigenvalue weighted by Gasteiger charge is 2.31. The molecule has 98 valence electrons. The zero-order valence-electron chi connectivity index (χ0n) is 10.4. The van der Waals surface area contributed by atoms with Gasteiger partial charge in [-0.15, -0.1) is 0 Å². The zero-order valence-corrected chi connectivity index (χ0v) is 10.4. The maximum atomic E-state index is 12.2. The lowest BCUT2D eigenvalue weighted by molar-refractivity contribution is 0.00573. The minimum Gasteiger partial charge on any atom is -0.389 e. The summed E-state index contributed by atoms with van der Waals surface area (Å²) in [5.74, 6) is -0.377.